The Morgan fingerprint density at radius 2 is 1.91 bits per heavy atom. The summed E-state index contributed by atoms with van der Waals surface area (Å²) in [5.41, 5.74) is 1.17. The summed E-state index contributed by atoms with van der Waals surface area (Å²) in [7, 11) is 0. The molecule has 116 valence electrons. The number of morpholine rings is 1. The third-order valence-electron chi connectivity index (χ3n) is 3.61. The second-order valence-electron chi connectivity index (χ2n) is 5.56. The smallest absolute Gasteiger partial charge is 0.274 e. The summed E-state index contributed by atoms with van der Waals surface area (Å²) in [5.74, 6) is -0.0761. The number of carbonyl (C=O) groups is 1. The lowest BCUT2D eigenvalue weighted by atomic mass is 10.2. The average molecular weight is 320 g/mol. The highest BCUT2D eigenvalue weighted by atomic mass is 35.5. The Labute approximate surface area is 134 Å². The summed E-state index contributed by atoms with van der Waals surface area (Å²) < 4.78 is 7.28. The van der Waals surface area contributed by atoms with E-state index in [4.69, 9.17) is 16.3 Å². The number of hydrogen-bond donors (Lipinski definition) is 0. The van der Waals surface area contributed by atoms with Crippen LogP contribution in [0.2, 0.25) is 5.02 Å². The summed E-state index contributed by atoms with van der Waals surface area (Å²) in [4.78, 5) is 14.4. The van der Waals surface area contributed by atoms with Gasteiger partial charge in [0.05, 0.1) is 22.9 Å². The van der Waals surface area contributed by atoms with Gasteiger partial charge in [-0.2, -0.15) is 5.10 Å². The first-order valence-corrected chi connectivity index (χ1v) is 7.67. The Bertz CT molecular complexity index is 676. The molecular formula is C16H18ClN3O2. The lowest BCUT2D eigenvalue weighted by molar-refractivity contribution is -0.0587. The van der Waals surface area contributed by atoms with Crippen LogP contribution in [0.15, 0.2) is 36.5 Å². The molecule has 0 bridgehead atoms. The Morgan fingerprint density at radius 1 is 1.23 bits per heavy atom. The minimum atomic E-state index is -0.0761. The van der Waals surface area contributed by atoms with Crippen LogP contribution in [0.3, 0.4) is 0 Å². The first-order valence-electron chi connectivity index (χ1n) is 7.30. The molecule has 6 heteroatoms. The van der Waals surface area contributed by atoms with E-state index < -0.39 is 0 Å². The van der Waals surface area contributed by atoms with Gasteiger partial charge in [0, 0.05) is 19.3 Å². The Morgan fingerprint density at radius 3 is 2.59 bits per heavy atom. The van der Waals surface area contributed by atoms with Gasteiger partial charge in [0.15, 0.2) is 5.69 Å². The van der Waals surface area contributed by atoms with Gasteiger partial charge in [0.1, 0.15) is 0 Å². The fraction of sp³-hybridized carbons (Fsp3) is 0.375. The van der Waals surface area contributed by atoms with E-state index in [1.54, 1.807) is 27.9 Å². The molecular weight excluding hydrogens is 302 g/mol. The van der Waals surface area contributed by atoms with Gasteiger partial charge in [0.25, 0.3) is 5.91 Å². The third-order valence-corrected chi connectivity index (χ3v) is 3.93. The van der Waals surface area contributed by atoms with E-state index in [1.807, 2.05) is 32.0 Å². The maximum atomic E-state index is 12.6. The Kier molecular flexibility index (Phi) is 4.18. The van der Waals surface area contributed by atoms with Crippen molar-refractivity contribution < 1.29 is 9.53 Å². The molecule has 1 fully saturated rings. The molecule has 2 heterocycles. The number of ether oxygens (including phenoxy) is 1. The van der Waals surface area contributed by atoms with Gasteiger partial charge in [-0.1, -0.05) is 23.7 Å². The normalized spacial score (nSPS) is 21.9. The Balaban J connectivity index is 1.82. The maximum Gasteiger partial charge on any atom is 0.274 e. The summed E-state index contributed by atoms with van der Waals surface area (Å²) in [6, 6.07) is 9.12. The third kappa shape index (κ3) is 3.00. The number of amides is 1. The van der Waals surface area contributed by atoms with Gasteiger partial charge < -0.3 is 9.64 Å². The molecule has 1 aromatic heterocycles. The lowest BCUT2D eigenvalue weighted by Gasteiger charge is -2.34. The van der Waals surface area contributed by atoms with Crippen LogP contribution in [0, 0.1) is 0 Å². The van der Waals surface area contributed by atoms with Crippen molar-refractivity contribution in [2.24, 2.45) is 0 Å². The van der Waals surface area contributed by atoms with Crippen molar-refractivity contribution in [3.8, 4) is 5.69 Å². The van der Waals surface area contributed by atoms with Crippen LogP contribution in [0.5, 0.6) is 0 Å². The molecule has 0 spiro atoms. The molecule has 0 aliphatic carbocycles. The minimum absolute atomic E-state index is 0.0401. The molecule has 1 aromatic carbocycles. The van der Waals surface area contributed by atoms with Crippen LogP contribution in [-0.4, -0.2) is 45.9 Å². The monoisotopic (exact) mass is 319 g/mol. The van der Waals surface area contributed by atoms with Crippen LogP contribution in [0.1, 0.15) is 24.3 Å². The molecule has 1 saturated heterocycles. The van der Waals surface area contributed by atoms with Crippen molar-refractivity contribution in [1.82, 2.24) is 14.7 Å². The summed E-state index contributed by atoms with van der Waals surface area (Å²) in [5, 5.41) is 4.96. The topological polar surface area (TPSA) is 47.4 Å². The van der Waals surface area contributed by atoms with Crippen molar-refractivity contribution in [2.45, 2.75) is 26.1 Å². The maximum absolute atomic E-state index is 12.6. The first-order chi connectivity index (χ1) is 10.5. The molecule has 2 atom stereocenters. The van der Waals surface area contributed by atoms with E-state index >= 15 is 0 Å². The van der Waals surface area contributed by atoms with Crippen LogP contribution in [0.4, 0.5) is 0 Å². The van der Waals surface area contributed by atoms with Gasteiger partial charge in [-0.15, -0.1) is 0 Å². The molecule has 0 radical (unpaired) electrons. The SMILES string of the molecule is C[C@@H]1CN(C(=O)c2ccn(-c3ccccc3Cl)n2)C[C@H](C)O1. The van der Waals surface area contributed by atoms with Crippen molar-refractivity contribution >= 4 is 17.5 Å². The van der Waals surface area contributed by atoms with Crippen molar-refractivity contribution in [3.63, 3.8) is 0 Å². The molecule has 0 N–H and O–H groups in total. The molecule has 1 amide bonds. The fourth-order valence-corrected chi connectivity index (χ4v) is 2.94. The highest BCUT2D eigenvalue weighted by molar-refractivity contribution is 6.32. The number of hydrogen-bond acceptors (Lipinski definition) is 3. The van der Waals surface area contributed by atoms with Gasteiger partial charge in [0.2, 0.25) is 0 Å². The van der Waals surface area contributed by atoms with E-state index in [0.29, 0.717) is 23.8 Å². The highest BCUT2D eigenvalue weighted by Crippen LogP contribution is 2.20. The van der Waals surface area contributed by atoms with Crippen LogP contribution in [0.25, 0.3) is 5.69 Å². The van der Waals surface area contributed by atoms with E-state index in [0.717, 1.165) is 5.69 Å². The second kappa shape index (κ2) is 6.10. The number of nitrogens with zero attached hydrogens (tertiary/aromatic N) is 3. The molecule has 22 heavy (non-hydrogen) atoms. The van der Waals surface area contributed by atoms with Crippen molar-refractivity contribution in [1.29, 1.82) is 0 Å². The zero-order valence-electron chi connectivity index (χ0n) is 12.6. The molecule has 0 saturated carbocycles. The highest BCUT2D eigenvalue weighted by Gasteiger charge is 2.27. The number of aromatic nitrogens is 2. The summed E-state index contributed by atoms with van der Waals surface area (Å²) in [6.45, 7) is 5.11. The zero-order chi connectivity index (χ0) is 15.7. The molecule has 2 aromatic rings. The number of benzene rings is 1. The quantitative estimate of drug-likeness (QED) is 0.855. The predicted octanol–water partition coefficient (Wildman–Crippen LogP) is 2.78. The summed E-state index contributed by atoms with van der Waals surface area (Å²) in [6.07, 6.45) is 1.83. The standard InChI is InChI=1S/C16H18ClN3O2/c1-11-9-19(10-12(2)22-11)16(21)14-7-8-20(18-14)15-6-4-3-5-13(15)17/h3-8,11-12H,9-10H2,1-2H3/t11-,12+. The summed E-state index contributed by atoms with van der Waals surface area (Å²) >= 11 is 6.16. The molecule has 3 rings (SSSR count). The largest absolute Gasteiger partial charge is 0.372 e. The van der Waals surface area contributed by atoms with Gasteiger partial charge >= 0.3 is 0 Å². The number of halogens is 1. The second-order valence-corrected chi connectivity index (χ2v) is 5.97. The van der Waals surface area contributed by atoms with E-state index in [1.165, 1.54) is 0 Å². The van der Waals surface area contributed by atoms with E-state index in [9.17, 15) is 4.79 Å². The Hall–Kier alpha value is -1.85. The van der Waals surface area contributed by atoms with Gasteiger partial charge in [-0.25, -0.2) is 4.68 Å². The molecule has 1 aliphatic heterocycles. The zero-order valence-corrected chi connectivity index (χ0v) is 13.3. The van der Waals surface area contributed by atoms with Crippen LogP contribution in [-0.2, 0) is 4.74 Å². The van der Waals surface area contributed by atoms with Crippen LogP contribution >= 0.6 is 11.6 Å². The average Bonchev–Trinajstić information content (AvgIpc) is 2.95. The fourth-order valence-electron chi connectivity index (χ4n) is 2.72. The van der Waals surface area contributed by atoms with Gasteiger partial charge in [-0.05, 0) is 32.0 Å². The predicted molar refractivity (Wildman–Crippen MR) is 84.5 cm³/mol. The molecule has 1 aliphatic rings. The van der Waals surface area contributed by atoms with Crippen LogP contribution < -0.4 is 0 Å². The lowest BCUT2D eigenvalue weighted by Crippen LogP contribution is -2.48. The van der Waals surface area contributed by atoms with Crippen molar-refractivity contribution in [2.75, 3.05) is 13.1 Å². The van der Waals surface area contributed by atoms with Gasteiger partial charge in [-0.3, -0.25) is 4.79 Å². The van der Waals surface area contributed by atoms with E-state index in [-0.39, 0.29) is 18.1 Å². The van der Waals surface area contributed by atoms with Crippen molar-refractivity contribution in [3.05, 3.63) is 47.2 Å². The van der Waals surface area contributed by atoms with E-state index in [2.05, 4.69) is 5.10 Å². The number of para-hydroxylation sites is 1. The molecule has 5 nitrogen and oxygen atoms in total. The number of rotatable bonds is 2. The number of carbonyl (C=O) groups excluding carboxylic acids is 1. The minimum Gasteiger partial charge on any atom is -0.372 e. The molecule has 0 unspecified atom stereocenters. The first kappa shape index (κ1) is 15.1.